The predicted octanol–water partition coefficient (Wildman–Crippen LogP) is 4.40. The van der Waals surface area contributed by atoms with Gasteiger partial charge in [0.1, 0.15) is 0 Å². The molecule has 0 fully saturated rings. The van der Waals surface area contributed by atoms with Gasteiger partial charge in [0.2, 0.25) is 0 Å². The number of aromatic nitrogens is 2. The maximum Gasteiger partial charge on any atom is 0.275 e. The van der Waals surface area contributed by atoms with Crippen LogP contribution in [0.3, 0.4) is 0 Å². The molecule has 0 aliphatic rings. The van der Waals surface area contributed by atoms with Crippen LogP contribution >= 0.6 is 0 Å². The molecule has 0 spiro atoms. The first-order valence-electron chi connectivity index (χ1n) is 8.08. The van der Waals surface area contributed by atoms with Gasteiger partial charge in [-0.1, -0.05) is 49.7 Å². The zero-order valence-electron chi connectivity index (χ0n) is 13.9. The minimum Gasteiger partial charge on any atom is -0.290 e. The average molecular weight is 306 g/mol. The summed E-state index contributed by atoms with van der Waals surface area (Å²) in [5, 5.41) is 3.32. The molecule has 118 valence electrons. The number of hydrogen-bond donors (Lipinski definition) is 1. The van der Waals surface area contributed by atoms with E-state index in [1.807, 2.05) is 36.4 Å². The van der Waals surface area contributed by atoms with Crippen LogP contribution in [-0.4, -0.2) is 9.78 Å². The highest BCUT2D eigenvalue weighted by atomic mass is 16.1. The molecule has 0 atom stereocenters. The molecule has 0 saturated carbocycles. The van der Waals surface area contributed by atoms with Gasteiger partial charge in [0, 0.05) is 5.56 Å². The number of aryl methyl sites for hydroxylation is 2. The Morgan fingerprint density at radius 3 is 2.39 bits per heavy atom. The highest BCUT2D eigenvalue weighted by Gasteiger charge is 2.16. The zero-order chi connectivity index (χ0) is 16.4. The Labute approximate surface area is 136 Å². The first kappa shape index (κ1) is 15.3. The maximum atomic E-state index is 12.9. The maximum absolute atomic E-state index is 12.9. The Kier molecular flexibility index (Phi) is 4.20. The Morgan fingerprint density at radius 1 is 1.00 bits per heavy atom. The van der Waals surface area contributed by atoms with Crippen LogP contribution in [-0.2, 0) is 6.42 Å². The van der Waals surface area contributed by atoms with E-state index in [4.69, 9.17) is 0 Å². The smallest absolute Gasteiger partial charge is 0.275 e. The van der Waals surface area contributed by atoms with Crippen molar-refractivity contribution in [3.8, 4) is 16.9 Å². The molecular formula is C20H22N2O. The summed E-state index contributed by atoms with van der Waals surface area (Å²) in [4.78, 5) is 12.9. The summed E-state index contributed by atoms with van der Waals surface area (Å²) < 4.78 is 1.67. The first-order valence-corrected chi connectivity index (χ1v) is 8.08. The van der Waals surface area contributed by atoms with Crippen molar-refractivity contribution >= 4 is 0 Å². The molecule has 3 nitrogen and oxygen atoms in total. The van der Waals surface area contributed by atoms with Gasteiger partial charge in [-0.25, -0.2) is 4.68 Å². The fraction of sp³-hybridized carbons (Fsp3) is 0.250. The summed E-state index contributed by atoms with van der Waals surface area (Å²) in [5.41, 5.74) is 6.18. The highest BCUT2D eigenvalue weighted by molar-refractivity contribution is 5.63. The summed E-state index contributed by atoms with van der Waals surface area (Å²) >= 11 is 0. The van der Waals surface area contributed by atoms with Crippen molar-refractivity contribution in [3.63, 3.8) is 0 Å². The molecule has 3 heteroatoms. The topological polar surface area (TPSA) is 37.8 Å². The molecule has 1 N–H and O–H groups in total. The van der Waals surface area contributed by atoms with E-state index in [2.05, 4.69) is 38.0 Å². The lowest BCUT2D eigenvalue weighted by Gasteiger charge is -2.05. The van der Waals surface area contributed by atoms with Crippen LogP contribution in [0, 0.1) is 13.8 Å². The van der Waals surface area contributed by atoms with Gasteiger partial charge < -0.3 is 0 Å². The van der Waals surface area contributed by atoms with Crippen molar-refractivity contribution in [2.24, 2.45) is 0 Å². The monoisotopic (exact) mass is 306 g/mol. The van der Waals surface area contributed by atoms with Gasteiger partial charge in [-0.05, 0) is 49.1 Å². The average Bonchev–Trinajstić information content (AvgIpc) is 2.89. The van der Waals surface area contributed by atoms with E-state index in [1.54, 1.807) is 4.68 Å². The summed E-state index contributed by atoms with van der Waals surface area (Å²) in [6.07, 6.45) is 1.72. The Bertz CT molecular complexity index is 872. The van der Waals surface area contributed by atoms with Gasteiger partial charge in [0.25, 0.3) is 5.56 Å². The molecule has 2 aromatic carbocycles. The molecule has 23 heavy (non-hydrogen) atoms. The van der Waals surface area contributed by atoms with E-state index in [1.165, 1.54) is 11.1 Å². The van der Waals surface area contributed by atoms with Gasteiger partial charge in [0.15, 0.2) is 0 Å². The van der Waals surface area contributed by atoms with Gasteiger partial charge in [0.05, 0.1) is 11.4 Å². The van der Waals surface area contributed by atoms with Crippen LogP contribution in [0.1, 0.15) is 30.0 Å². The van der Waals surface area contributed by atoms with Gasteiger partial charge >= 0.3 is 0 Å². The Hall–Kier alpha value is -2.55. The molecule has 3 aromatic rings. The second-order valence-electron chi connectivity index (χ2n) is 5.99. The quantitative estimate of drug-likeness (QED) is 0.762. The normalized spacial score (nSPS) is 10.9. The van der Waals surface area contributed by atoms with Crippen molar-refractivity contribution in [2.45, 2.75) is 33.6 Å². The molecule has 0 radical (unpaired) electrons. The van der Waals surface area contributed by atoms with Crippen molar-refractivity contribution < 1.29 is 0 Å². The Morgan fingerprint density at radius 2 is 1.74 bits per heavy atom. The lowest BCUT2D eigenvalue weighted by atomic mass is 10.1. The fourth-order valence-corrected chi connectivity index (χ4v) is 2.84. The summed E-state index contributed by atoms with van der Waals surface area (Å²) in [5.74, 6) is 0. The Balaban J connectivity index is 2.19. The minimum atomic E-state index is 0.0500. The van der Waals surface area contributed by atoms with Crippen LogP contribution in [0.15, 0.2) is 53.3 Å². The molecule has 0 unspecified atom stereocenters. The van der Waals surface area contributed by atoms with Gasteiger partial charge in [-0.3, -0.25) is 9.89 Å². The highest BCUT2D eigenvalue weighted by Crippen LogP contribution is 2.22. The number of aromatic amines is 1. The van der Waals surface area contributed by atoms with Crippen LogP contribution in [0.2, 0.25) is 0 Å². The van der Waals surface area contributed by atoms with E-state index in [9.17, 15) is 4.79 Å². The number of H-pyrrole nitrogens is 1. The minimum absolute atomic E-state index is 0.0500. The van der Waals surface area contributed by atoms with E-state index < -0.39 is 0 Å². The number of nitrogens with zero attached hydrogens (tertiary/aromatic N) is 1. The fourth-order valence-electron chi connectivity index (χ4n) is 2.84. The van der Waals surface area contributed by atoms with E-state index >= 15 is 0 Å². The van der Waals surface area contributed by atoms with Crippen LogP contribution in [0.25, 0.3) is 16.9 Å². The number of hydrogen-bond acceptors (Lipinski definition) is 1. The lowest BCUT2D eigenvalue weighted by Crippen LogP contribution is -2.17. The molecule has 0 amide bonds. The third-order valence-electron chi connectivity index (χ3n) is 4.30. The third kappa shape index (κ3) is 2.87. The van der Waals surface area contributed by atoms with Crippen molar-refractivity contribution in [3.05, 3.63) is 75.6 Å². The molecule has 3 rings (SSSR count). The number of rotatable bonds is 4. The number of nitrogens with one attached hydrogen (secondary N) is 1. The largest absolute Gasteiger partial charge is 0.290 e. The van der Waals surface area contributed by atoms with Crippen molar-refractivity contribution in [1.82, 2.24) is 9.78 Å². The van der Waals surface area contributed by atoms with E-state index in [-0.39, 0.29) is 5.56 Å². The second kappa shape index (κ2) is 6.29. The van der Waals surface area contributed by atoms with Crippen LogP contribution < -0.4 is 5.56 Å². The number of benzene rings is 2. The lowest BCUT2D eigenvalue weighted by molar-refractivity contribution is 0.841. The summed E-state index contributed by atoms with van der Waals surface area (Å²) in [6.45, 7) is 6.24. The third-order valence-corrected chi connectivity index (χ3v) is 4.30. The predicted molar refractivity (Wildman–Crippen MR) is 95.3 cm³/mol. The zero-order valence-corrected chi connectivity index (χ0v) is 13.9. The van der Waals surface area contributed by atoms with E-state index in [0.29, 0.717) is 0 Å². The summed E-state index contributed by atoms with van der Waals surface area (Å²) in [6, 6.07) is 16.2. The van der Waals surface area contributed by atoms with Crippen molar-refractivity contribution in [2.75, 3.05) is 0 Å². The molecule has 0 saturated heterocycles. The van der Waals surface area contributed by atoms with Crippen molar-refractivity contribution in [1.29, 1.82) is 0 Å². The standard InChI is InChI=1S/C20H22N2O/c1-4-8-18-19(16-9-6-5-7-10-16)21-22(20(18)23)17-12-11-14(2)15(3)13-17/h5-7,9-13,21H,4,8H2,1-3H3. The van der Waals surface area contributed by atoms with Gasteiger partial charge in [-0.2, -0.15) is 0 Å². The molecule has 0 aliphatic heterocycles. The van der Waals surface area contributed by atoms with Crippen LogP contribution in [0.5, 0.6) is 0 Å². The SMILES string of the molecule is CCCc1c(-c2ccccc2)[nH]n(-c2ccc(C)c(C)c2)c1=O. The summed E-state index contributed by atoms with van der Waals surface area (Å²) in [7, 11) is 0. The molecule has 1 heterocycles. The first-order chi connectivity index (χ1) is 11.1. The van der Waals surface area contributed by atoms with E-state index in [0.717, 1.165) is 35.3 Å². The van der Waals surface area contributed by atoms with Gasteiger partial charge in [-0.15, -0.1) is 0 Å². The second-order valence-corrected chi connectivity index (χ2v) is 5.99. The molecule has 0 bridgehead atoms. The van der Waals surface area contributed by atoms with Crippen LogP contribution in [0.4, 0.5) is 0 Å². The molecule has 0 aliphatic carbocycles. The molecule has 1 aromatic heterocycles. The molecular weight excluding hydrogens is 284 g/mol.